The summed E-state index contributed by atoms with van der Waals surface area (Å²) in [5.74, 6) is -0.332. The van der Waals surface area contributed by atoms with Crippen LogP contribution in [0.25, 0.3) is 22.3 Å². The zero-order valence-corrected chi connectivity index (χ0v) is 28.4. The average Bonchev–Trinajstić information content (AvgIpc) is 3.17. The first-order valence-electron chi connectivity index (χ1n) is 17.0. The summed E-state index contributed by atoms with van der Waals surface area (Å²) in [6.07, 6.45) is -0.748. The van der Waals surface area contributed by atoms with Crippen LogP contribution in [0.5, 0.6) is 5.75 Å². The van der Waals surface area contributed by atoms with Crippen LogP contribution in [0.2, 0.25) is 0 Å². The van der Waals surface area contributed by atoms with E-state index in [0.717, 1.165) is 22.3 Å². The minimum atomic E-state index is -0.879. The zero-order chi connectivity index (χ0) is 35.4. The quantitative estimate of drug-likeness (QED) is 0.106. The lowest BCUT2D eigenvalue weighted by Gasteiger charge is -2.28. The van der Waals surface area contributed by atoms with Crippen molar-refractivity contribution >= 4 is 23.0 Å². The molecule has 0 saturated carbocycles. The second-order valence-corrected chi connectivity index (χ2v) is 12.1. The van der Waals surface area contributed by atoms with E-state index in [2.05, 4.69) is 0 Å². The number of carbonyl (C=O) groups is 2. The summed E-state index contributed by atoms with van der Waals surface area (Å²) in [4.78, 5) is 42.2. The van der Waals surface area contributed by atoms with Crippen LogP contribution in [0, 0.1) is 0 Å². The van der Waals surface area contributed by atoms with Crippen LogP contribution < -0.4 is 10.2 Å². The van der Waals surface area contributed by atoms with Gasteiger partial charge in [-0.1, -0.05) is 128 Å². The third-order valence-electron chi connectivity index (χ3n) is 8.36. The van der Waals surface area contributed by atoms with E-state index in [1.165, 1.54) is 11.0 Å². The molecule has 0 bridgehead atoms. The van der Waals surface area contributed by atoms with Gasteiger partial charge in [-0.3, -0.25) is 9.59 Å². The third kappa shape index (κ3) is 9.10. The van der Waals surface area contributed by atoms with Gasteiger partial charge in [0.05, 0.1) is 11.9 Å². The van der Waals surface area contributed by atoms with E-state index in [4.69, 9.17) is 18.6 Å². The summed E-state index contributed by atoms with van der Waals surface area (Å²) in [5.41, 5.74) is 3.41. The highest BCUT2D eigenvalue weighted by Crippen LogP contribution is 2.28. The van der Waals surface area contributed by atoms with Crippen molar-refractivity contribution in [1.29, 1.82) is 0 Å². The second-order valence-electron chi connectivity index (χ2n) is 12.1. The van der Waals surface area contributed by atoms with Gasteiger partial charge in [-0.05, 0) is 41.3 Å². The molecule has 1 unspecified atom stereocenters. The normalized spacial score (nSPS) is 11.6. The molecule has 8 heteroatoms. The average molecular weight is 682 g/mol. The first-order chi connectivity index (χ1) is 25.0. The Balaban J connectivity index is 1.25. The number of fused-ring (bicyclic) bond motifs is 1. The molecular weight excluding hydrogens is 642 g/mol. The lowest BCUT2D eigenvalue weighted by atomic mass is 9.91. The van der Waals surface area contributed by atoms with E-state index >= 15 is 0 Å². The predicted molar refractivity (Wildman–Crippen MR) is 197 cm³/mol. The number of hydrogen-bond donors (Lipinski definition) is 0. The fourth-order valence-electron chi connectivity index (χ4n) is 5.85. The van der Waals surface area contributed by atoms with Gasteiger partial charge in [-0.2, -0.15) is 0 Å². The van der Waals surface area contributed by atoms with Gasteiger partial charge in [0, 0.05) is 18.2 Å². The lowest BCUT2D eigenvalue weighted by Crippen LogP contribution is -2.43. The SMILES string of the molecule is CCCN(CC(COc1ccc2oc(-c3ccccc3)cc(=O)c2c1)OC(=O)C(c1ccccc1)c1ccccc1)C(=O)OCc1ccccc1. The Morgan fingerprint density at radius 3 is 1.98 bits per heavy atom. The van der Waals surface area contributed by atoms with Crippen molar-refractivity contribution in [3.05, 3.63) is 173 Å². The maximum atomic E-state index is 14.1. The largest absolute Gasteiger partial charge is 0.490 e. The number of esters is 1. The molecule has 1 heterocycles. The summed E-state index contributed by atoms with van der Waals surface area (Å²) in [6, 6.07) is 44.2. The maximum absolute atomic E-state index is 14.1. The van der Waals surface area contributed by atoms with Crippen LogP contribution in [0.3, 0.4) is 0 Å². The summed E-state index contributed by atoms with van der Waals surface area (Å²) < 4.78 is 24.1. The summed E-state index contributed by atoms with van der Waals surface area (Å²) in [7, 11) is 0. The van der Waals surface area contributed by atoms with Gasteiger partial charge < -0.3 is 23.5 Å². The molecule has 1 atom stereocenters. The topological polar surface area (TPSA) is 95.3 Å². The van der Waals surface area contributed by atoms with E-state index in [9.17, 15) is 14.4 Å². The monoisotopic (exact) mass is 681 g/mol. The Kier molecular flexibility index (Phi) is 11.6. The number of rotatable bonds is 14. The molecule has 6 rings (SSSR count). The fraction of sp³-hybridized carbons (Fsp3) is 0.186. The molecule has 5 aromatic carbocycles. The standard InChI is InChI=1S/C43H39NO7/c1-2-25-44(43(47)49-29-31-15-7-3-8-16-31)28-36(50-42(46)41(33-19-11-5-12-20-33)34-21-13-6-14-22-34)30-48-35-23-24-39-37(26-35)38(45)27-40(51-39)32-17-9-4-10-18-32/h3-24,26-27,36,41H,2,25,28-30H2,1H3. The van der Waals surface area contributed by atoms with Gasteiger partial charge in [0.2, 0.25) is 0 Å². The van der Waals surface area contributed by atoms with E-state index in [-0.39, 0.29) is 25.2 Å². The van der Waals surface area contributed by atoms with Crippen LogP contribution >= 0.6 is 0 Å². The molecule has 0 fully saturated rings. The summed E-state index contributed by atoms with van der Waals surface area (Å²) >= 11 is 0. The van der Waals surface area contributed by atoms with Gasteiger partial charge in [-0.15, -0.1) is 0 Å². The maximum Gasteiger partial charge on any atom is 0.410 e. The second kappa shape index (κ2) is 17.0. The van der Waals surface area contributed by atoms with Gasteiger partial charge in [0.15, 0.2) is 11.5 Å². The molecule has 1 aromatic heterocycles. The highest BCUT2D eigenvalue weighted by molar-refractivity contribution is 5.82. The molecule has 0 spiro atoms. The van der Waals surface area contributed by atoms with Crippen molar-refractivity contribution in [2.45, 2.75) is 32.0 Å². The highest BCUT2D eigenvalue weighted by atomic mass is 16.6. The van der Waals surface area contributed by atoms with Crippen molar-refractivity contribution in [2.24, 2.45) is 0 Å². The molecule has 0 aliphatic carbocycles. The lowest BCUT2D eigenvalue weighted by molar-refractivity contribution is -0.152. The Morgan fingerprint density at radius 1 is 0.745 bits per heavy atom. The van der Waals surface area contributed by atoms with Crippen molar-refractivity contribution in [3.63, 3.8) is 0 Å². The molecular formula is C43H39NO7. The number of nitrogens with zero attached hydrogens (tertiary/aromatic N) is 1. The van der Waals surface area contributed by atoms with Gasteiger partial charge in [0.1, 0.15) is 36.2 Å². The van der Waals surface area contributed by atoms with Crippen molar-refractivity contribution in [1.82, 2.24) is 4.90 Å². The Morgan fingerprint density at radius 2 is 1.35 bits per heavy atom. The molecule has 0 N–H and O–H groups in total. The van der Waals surface area contributed by atoms with Crippen LogP contribution in [-0.2, 0) is 20.9 Å². The third-order valence-corrected chi connectivity index (χ3v) is 8.36. The highest BCUT2D eigenvalue weighted by Gasteiger charge is 2.30. The Bertz CT molecular complexity index is 2040. The Hall–Kier alpha value is -6.15. The van der Waals surface area contributed by atoms with E-state index in [0.29, 0.717) is 35.4 Å². The fourth-order valence-corrected chi connectivity index (χ4v) is 5.85. The first-order valence-corrected chi connectivity index (χ1v) is 17.0. The molecule has 258 valence electrons. The summed E-state index contributed by atoms with van der Waals surface area (Å²) in [5, 5.41) is 0.353. The Labute approximate surface area is 296 Å². The van der Waals surface area contributed by atoms with Crippen molar-refractivity contribution in [2.75, 3.05) is 19.7 Å². The molecule has 0 aliphatic rings. The number of hydrogen-bond acceptors (Lipinski definition) is 7. The van der Waals surface area contributed by atoms with E-state index < -0.39 is 24.1 Å². The minimum absolute atomic E-state index is 0.0274. The number of benzene rings is 5. The molecule has 0 aliphatic heterocycles. The van der Waals surface area contributed by atoms with Crippen molar-refractivity contribution < 1.29 is 28.2 Å². The predicted octanol–water partition coefficient (Wildman–Crippen LogP) is 8.63. The zero-order valence-electron chi connectivity index (χ0n) is 28.4. The van der Waals surface area contributed by atoms with Crippen molar-refractivity contribution in [3.8, 4) is 17.1 Å². The number of amides is 1. The van der Waals surface area contributed by atoms with E-state index in [1.54, 1.807) is 18.2 Å². The van der Waals surface area contributed by atoms with E-state index in [1.807, 2.05) is 128 Å². The molecule has 6 aromatic rings. The van der Waals surface area contributed by atoms with Crippen LogP contribution in [-0.4, -0.2) is 42.8 Å². The van der Waals surface area contributed by atoms with Gasteiger partial charge in [0.25, 0.3) is 0 Å². The van der Waals surface area contributed by atoms with Gasteiger partial charge >= 0.3 is 12.1 Å². The molecule has 51 heavy (non-hydrogen) atoms. The molecule has 8 nitrogen and oxygen atoms in total. The number of ether oxygens (including phenoxy) is 3. The molecule has 0 radical (unpaired) electrons. The van der Waals surface area contributed by atoms with Crippen LogP contribution in [0.15, 0.2) is 155 Å². The number of carbonyl (C=O) groups excluding carboxylic acids is 2. The molecule has 1 amide bonds. The van der Waals surface area contributed by atoms with Crippen LogP contribution in [0.1, 0.15) is 36.0 Å². The van der Waals surface area contributed by atoms with Crippen LogP contribution in [0.4, 0.5) is 4.79 Å². The smallest absolute Gasteiger partial charge is 0.410 e. The first kappa shape index (κ1) is 34.7. The van der Waals surface area contributed by atoms with Gasteiger partial charge in [-0.25, -0.2) is 4.79 Å². The molecule has 0 saturated heterocycles. The minimum Gasteiger partial charge on any atom is -0.490 e. The summed E-state index contributed by atoms with van der Waals surface area (Å²) in [6.45, 7) is 2.38.